The molecule has 0 radical (unpaired) electrons. The van der Waals surface area contributed by atoms with Crippen LogP contribution < -0.4 is 10.7 Å². The molecular weight excluding hydrogens is 410 g/mol. The van der Waals surface area contributed by atoms with Gasteiger partial charge in [0, 0.05) is 34.3 Å². The summed E-state index contributed by atoms with van der Waals surface area (Å²) in [5.41, 5.74) is 3.38. The van der Waals surface area contributed by atoms with Crippen molar-refractivity contribution in [3.05, 3.63) is 130 Å². The van der Waals surface area contributed by atoms with Crippen LogP contribution in [0.1, 0.15) is 21.6 Å². The van der Waals surface area contributed by atoms with Crippen LogP contribution in [0.2, 0.25) is 0 Å². The lowest BCUT2D eigenvalue weighted by Gasteiger charge is -2.19. The van der Waals surface area contributed by atoms with E-state index in [-0.39, 0.29) is 11.2 Å². The third-order valence-electron chi connectivity index (χ3n) is 5.44. The maximum atomic E-state index is 13.4. The van der Waals surface area contributed by atoms with E-state index in [4.69, 9.17) is 4.98 Å². The minimum atomic E-state index is -0.262. The monoisotopic (exact) mass is 431 g/mol. The number of pyridine rings is 2. The summed E-state index contributed by atoms with van der Waals surface area (Å²) < 4.78 is 1.89. The normalized spacial score (nSPS) is 10.8. The number of rotatable bonds is 5. The summed E-state index contributed by atoms with van der Waals surface area (Å²) in [5.74, 6) is 0.368. The van der Waals surface area contributed by atoms with Gasteiger partial charge in [-0.2, -0.15) is 0 Å². The summed E-state index contributed by atoms with van der Waals surface area (Å²) in [7, 11) is 0. The molecule has 1 N–H and O–H groups in total. The summed E-state index contributed by atoms with van der Waals surface area (Å²) in [5, 5.41) is 3.64. The minimum absolute atomic E-state index is 0.202. The molecule has 0 bridgehead atoms. The molecule has 5 nitrogen and oxygen atoms in total. The number of nitrogens with zero attached hydrogens (tertiary/aromatic N) is 2. The van der Waals surface area contributed by atoms with Gasteiger partial charge in [-0.3, -0.25) is 14.2 Å². The molecular formula is C28H21N3O2. The molecule has 160 valence electrons. The summed E-state index contributed by atoms with van der Waals surface area (Å²) in [6, 6.07) is 31.5. The molecule has 0 saturated heterocycles. The van der Waals surface area contributed by atoms with Gasteiger partial charge in [0.1, 0.15) is 5.82 Å². The third kappa shape index (κ3) is 3.92. The van der Waals surface area contributed by atoms with Gasteiger partial charge in [0.2, 0.25) is 0 Å². The van der Waals surface area contributed by atoms with Crippen molar-refractivity contribution in [3.8, 4) is 5.69 Å². The van der Waals surface area contributed by atoms with Gasteiger partial charge in [0.25, 0.3) is 0 Å². The first-order valence-electron chi connectivity index (χ1n) is 10.7. The molecule has 33 heavy (non-hydrogen) atoms. The molecule has 3 aromatic carbocycles. The topological polar surface area (TPSA) is 64.0 Å². The summed E-state index contributed by atoms with van der Waals surface area (Å²) in [4.78, 5) is 31.5. The average molecular weight is 431 g/mol. The Morgan fingerprint density at radius 2 is 1.42 bits per heavy atom. The molecule has 0 saturated carbocycles. The van der Waals surface area contributed by atoms with Gasteiger partial charge in [0.05, 0.1) is 5.39 Å². The maximum Gasteiger partial charge on any atom is 0.193 e. The second-order valence-corrected chi connectivity index (χ2v) is 7.76. The number of nitrogens with one attached hydrogen (secondary N) is 1. The minimum Gasteiger partial charge on any atom is -0.341 e. The Kier molecular flexibility index (Phi) is 5.29. The Hall–Kier alpha value is -4.51. The highest BCUT2D eigenvalue weighted by molar-refractivity contribution is 6.15. The van der Waals surface area contributed by atoms with E-state index < -0.39 is 0 Å². The van der Waals surface area contributed by atoms with Gasteiger partial charge in [-0.05, 0) is 37.3 Å². The predicted molar refractivity (Wildman–Crippen MR) is 132 cm³/mol. The summed E-state index contributed by atoms with van der Waals surface area (Å²) in [6.07, 6.45) is 0. The van der Waals surface area contributed by atoms with E-state index in [9.17, 15) is 9.59 Å². The van der Waals surface area contributed by atoms with E-state index in [2.05, 4.69) is 5.32 Å². The zero-order valence-corrected chi connectivity index (χ0v) is 18.0. The molecule has 5 heteroatoms. The van der Waals surface area contributed by atoms with Crippen molar-refractivity contribution < 1.29 is 4.79 Å². The van der Waals surface area contributed by atoms with Crippen molar-refractivity contribution >= 4 is 28.3 Å². The largest absolute Gasteiger partial charge is 0.341 e. The van der Waals surface area contributed by atoms with E-state index in [0.29, 0.717) is 33.7 Å². The van der Waals surface area contributed by atoms with E-state index in [1.165, 1.54) is 6.07 Å². The zero-order valence-electron chi connectivity index (χ0n) is 18.0. The Labute approximate surface area is 191 Å². The van der Waals surface area contributed by atoms with Gasteiger partial charge in [-0.15, -0.1) is 0 Å². The number of carbonyl (C=O) groups is 1. The molecule has 0 unspecified atom stereocenters. The lowest BCUT2D eigenvalue weighted by molar-refractivity contribution is 0.104. The number of anilines is 2. The molecule has 0 amide bonds. The number of ketones is 1. The number of aryl methyl sites for hydroxylation is 1. The molecule has 0 aliphatic rings. The van der Waals surface area contributed by atoms with E-state index in [0.717, 1.165) is 11.4 Å². The van der Waals surface area contributed by atoms with Crippen LogP contribution in [0.5, 0.6) is 0 Å². The SMILES string of the molecule is Cc1cc(C(=O)c2ccccc2)c2c(=O)cc(Nc3ccccc3)n(-c3ccccc3)c2n1. The molecule has 2 heterocycles. The lowest BCUT2D eigenvalue weighted by atomic mass is 9.99. The highest BCUT2D eigenvalue weighted by Gasteiger charge is 2.20. The lowest BCUT2D eigenvalue weighted by Crippen LogP contribution is -2.17. The number of benzene rings is 3. The second-order valence-electron chi connectivity index (χ2n) is 7.76. The number of hydrogen-bond acceptors (Lipinski definition) is 4. The Morgan fingerprint density at radius 3 is 2.09 bits per heavy atom. The summed E-state index contributed by atoms with van der Waals surface area (Å²) >= 11 is 0. The van der Waals surface area contributed by atoms with Gasteiger partial charge in [-0.1, -0.05) is 66.7 Å². The van der Waals surface area contributed by atoms with Crippen molar-refractivity contribution in [1.29, 1.82) is 0 Å². The van der Waals surface area contributed by atoms with Crippen LogP contribution in [-0.2, 0) is 0 Å². The Balaban J connectivity index is 1.82. The van der Waals surface area contributed by atoms with Crippen molar-refractivity contribution in [2.75, 3.05) is 5.32 Å². The number of hydrogen-bond donors (Lipinski definition) is 1. The molecule has 5 rings (SSSR count). The summed E-state index contributed by atoms with van der Waals surface area (Å²) in [6.45, 7) is 1.83. The van der Waals surface area contributed by atoms with Crippen molar-refractivity contribution in [2.24, 2.45) is 0 Å². The van der Waals surface area contributed by atoms with E-state index in [1.54, 1.807) is 18.2 Å². The molecule has 0 atom stereocenters. The smallest absolute Gasteiger partial charge is 0.193 e. The number of para-hydroxylation sites is 2. The van der Waals surface area contributed by atoms with Crippen molar-refractivity contribution in [2.45, 2.75) is 6.92 Å². The first-order valence-corrected chi connectivity index (χ1v) is 10.7. The highest BCUT2D eigenvalue weighted by Crippen LogP contribution is 2.27. The van der Waals surface area contributed by atoms with Crippen LogP contribution in [0.4, 0.5) is 11.5 Å². The standard InChI is InChI=1S/C28H21N3O2/c1-19-17-23(27(33)20-11-5-2-6-12-20)26-24(32)18-25(30-21-13-7-3-8-14-21)31(28(26)29-19)22-15-9-4-10-16-22/h2-18,30H,1H3. The quantitative estimate of drug-likeness (QED) is 0.364. The number of fused-ring (bicyclic) bond motifs is 1. The van der Waals surface area contributed by atoms with Crippen LogP contribution >= 0.6 is 0 Å². The molecule has 0 aliphatic carbocycles. The van der Waals surface area contributed by atoms with E-state index in [1.807, 2.05) is 90.4 Å². The molecule has 0 fully saturated rings. The Bertz CT molecular complexity index is 1510. The van der Waals surface area contributed by atoms with Gasteiger partial charge >= 0.3 is 0 Å². The fourth-order valence-corrected chi connectivity index (χ4v) is 3.96. The zero-order chi connectivity index (χ0) is 22.8. The second kappa shape index (κ2) is 8.55. The first kappa shape index (κ1) is 20.4. The molecule has 0 spiro atoms. The maximum absolute atomic E-state index is 13.4. The van der Waals surface area contributed by atoms with E-state index >= 15 is 0 Å². The van der Waals surface area contributed by atoms with Gasteiger partial charge in [-0.25, -0.2) is 4.98 Å². The predicted octanol–water partition coefficient (Wildman–Crippen LogP) is 5.67. The highest BCUT2D eigenvalue weighted by atomic mass is 16.1. The van der Waals surface area contributed by atoms with Crippen molar-refractivity contribution in [1.82, 2.24) is 9.55 Å². The number of carbonyl (C=O) groups excluding carboxylic acids is 1. The van der Waals surface area contributed by atoms with Crippen molar-refractivity contribution in [3.63, 3.8) is 0 Å². The van der Waals surface area contributed by atoms with Crippen LogP contribution in [0, 0.1) is 6.92 Å². The number of aromatic nitrogens is 2. The fraction of sp³-hybridized carbons (Fsp3) is 0.0357. The van der Waals surface area contributed by atoms with Crippen LogP contribution in [0.3, 0.4) is 0 Å². The van der Waals surface area contributed by atoms with Gasteiger partial charge < -0.3 is 5.32 Å². The van der Waals surface area contributed by atoms with Crippen LogP contribution in [0.25, 0.3) is 16.7 Å². The Morgan fingerprint density at radius 1 is 0.818 bits per heavy atom. The van der Waals surface area contributed by atoms with Crippen LogP contribution in [-0.4, -0.2) is 15.3 Å². The molecule has 0 aliphatic heterocycles. The third-order valence-corrected chi connectivity index (χ3v) is 5.44. The first-order chi connectivity index (χ1) is 16.1. The molecule has 2 aromatic heterocycles. The average Bonchev–Trinajstić information content (AvgIpc) is 2.85. The van der Waals surface area contributed by atoms with Crippen LogP contribution in [0.15, 0.2) is 108 Å². The fourth-order valence-electron chi connectivity index (χ4n) is 3.96. The van der Waals surface area contributed by atoms with Gasteiger partial charge in [0.15, 0.2) is 16.9 Å². The molecule has 5 aromatic rings.